The van der Waals surface area contributed by atoms with Crippen LogP contribution in [-0.2, 0) is 4.79 Å². The Kier molecular flexibility index (Phi) is 2.46. The van der Waals surface area contributed by atoms with Gasteiger partial charge in [0.1, 0.15) is 0 Å². The van der Waals surface area contributed by atoms with Crippen LogP contribution in [0.4, 0.5) is 0 Å². The van der Waals surface area contributed by atoms with Crippen molar-refractivity contribution in [3.63, 3.8) is 0 Å². The van der Waals surface area contributed by atoms with E-state index in [1.54, 1.807) is 4.90 Å². The van der Waals surface area contributed by atoms with Gasteiger partial charge in [-0.25, -0.2) is 0 Å². The third-order valence-electron chi connectivity index (χ3n) is 3.39. The molecule has 1 atom stereocenters. The standard InChI is InChI=1S/C12H15N3O2/c1-2-10(16)15-7-3-4-9(15)11-13-12(17-14-11)8-5-6-8/h2,8-9H,1,3-7H2. The largest absolute Gasteiger partial charge is 0.339 e. The second-order valence-corrected chi connectivity index (χ2v) is 4.66. The van der Waals surface area contributed by atoms with E-state index >= 15 is 0 Å². The first-order chi connectivity index (χ1) is 8.29. The summed E-state index contributed by atoms with van der Waals surface area (Å²) < 4.78 is 5.24. The number of aromatic nitrogens is 2. The highest BCUT2D eigenvalue weighted by Gasteiger charge is 2.35. The van der Waals surface area contributed by atoms with Gasteiger partial charge in [-0.05, 0) is 31.8 Å². The summed E-state index contributed by atoms with van der Waals surface area (Å²) in [6.07, 6.45) is 5.52. The molecule has 90 valence electrons. The summed E-state index contributed by atoms with van der Waals surface area (Å²) in [4.78, 5) is 17.9. The Bertz CT molecular complexity index is 450. The van der Waals surface area contributed by atoms with E-state index in [2.05, 4.69) is 16.7 Å². The number of rotatable bonds is 3. The van der Waals surface area contributed by atoms with Crippen LogP contribution in [0.5, 0.6) is 0 Å². The van der Waals surface area contributed by atoms with E-state index in [1.165, 1.54) is 6.08 Å². The number of hydrogen-bond donors (Lipinski definition) is 0. The molecule has 0 aromatic carbocycles. The van der Waals surface area contributed by atoms with Crippen molar-refractivity contribution in [3.05, 3.63) is 24.4 Å². The van der Waals surface area contributed by atoms with Crippen LogP contribution in [0.1, 0.15) is 49.4 Å². The fraction of sp³-hybridized carbons (Fsp3) is 0.583. The maximum atomic E-state index is 11.7. The van der Waals surface area contributed by atoms with Gasteiger partial charge in [-0.3, -0.25) is 4.79 Å². The van der Waals surface area contributed by atoms with Crippen LogP contribution in [-0.4, -0.2) is 27.5 Å². The van der Waals surface area contributed by atoms with Crippen molar-refractivity contribution in [2.75, 3.05) is 6.54 Å². The maximum Gasteiger partial charge on any atom is 0.246 e. The van der Waals surface area contributed by atoms with Crippen molar-refractivity contribution in [1.29, 1.82) is 0 Å². The molecule has 3 rings (SSSR count). The highest BCUT2D eigenvalue weighted by Crippen LogP contribution is 2.40. The Hall–Kier alpha value is -1.65. The smallest absolute Gasteiger partial charge is 0.246 e. The second-order valence-electron chi connectivity index (χ2n) is 4.66. The molecule has 1 saturated carbocycles. The monoisotopic (exact) mass is 233 g/mol. The van der Waals surface area contributed by atoms with Gasteiger partial charge in [0.05, 0.1) is 6.04 Å². The predicted molar refractivity (Wildman–Crippen MR) is 60.2 cm³/mol. The number of carbonyl (C=O) groups excluding carboxylic acids is 1. The fourth-order valence-electron chi connectivity index (χ4n) is 2.29. The SMILES string of the molecule is C=CC(=O)N1CCCC1c1noc(C2CC2)n1. The number of carbonyl (C=O) groups is 1. The average molecular weight is 233 g/mol. The van der Waals surface area contributed by atoms with Crippen molar-refractivity contribution in [2.45, 2.75) is 37.6 Å². The van der Waals surface area contributed by atoms with Gasteiger partial charge in [-0.1, -0.05) is 11.7 Å². The lowest BCUT2D eigenvalue weighted by Crippen LogP contribution is -2.29. The molecule has 1 saturated heterocycles. The van der Waals surface area contributed by atoms with E-state index in [0.717, 1.165) is 38.1 Å². The molecule has 1 aromatic rings. The van der Waals surface area contributed by atoms with E-state index in [-0.39, 0.29) is 11.9 Å². The van der Waals surface area contributed by atoms with Gasteiger partial charge in [0.15, 0.2) is 5.82 Å². The summed E-state index contributed by atoms with van der Waals surface area (Å²) in [5.74, 6) is 1.80. The molecule has 2 aliphatic rings. The molecule has 1 aromatic heterocycles. The van der Waals surface area contributed by atoms with Crippen LogP contribution < -0.4 is 0 Å². The summed E-state index contributed by atoms with van der Waals surface area (Å²) in [5, 5.41) is 4.01. The van der Waals surface area contributed by atoms with Crippen LogP contribution >= 0.6 is 0 Å². The van der Waals surface area contributed by atoms with Gasteiger partial charge in [-0.2, -0.15) is 4.98 Å². The van der Waals surface area contributed by atoms with Crippen LogP contribution in [0.2, 0.25) is 0 Å². The average Bonchev–Trinajstić information content (AvgIpc) is 2.91. The van der Waals surface area contributed by atoms with Gasteiger partial charge in [-0.15, -0.1) is 0 Å². The zero-order chi connectivity index (χ0) is 11.8. The van der Waals surface area contributed by atoms with E-state index in [4.69, 9.17) is 4.52 Å². The third-order valence-corrected chi connectivity index (χ3v) is 3.39. The van der Waals surface area contributed by atoms with E-state index in [1.807, 2.05) is 0 Å². The van der Waals surface area contributed by atoms with E-state index in [9.17, 15) is 4.79 Å². The normalized spacial score (nSPS) is 24.0. The minimum Gasteiger partial charge on any atom is -0.339 e. The molecule has 2 heterocycles. The first-order valence-corrected chi connectivity index (χ1v) is 6.06. The lowest BCUT2D eigenvalue weighted by Gasteiger charge is -2.20. The van der Waals surface area contributed by atoms with Crippen molar-refractivity contribution in [3.8, 4) is 0 Å². The van der Waals surface area contributed by atoms with Crippen molar-refractivity contribution < 1.29 is 9.32 Å². The molecule has 0 bridgehead atoms. The van der Waals surface area contributed by atoms with Gasteiger partial charge in [0.2, 0.25) is 11.8 Å². The highest BCUT2D eigenvalue weighted by molar-refractivity contribution is 5.87. The van der Waals surface area contributed by atoms with E-state index < -0.39 is 0 Å². The summed E-state index contributed by atoms with van der Waals surface area (Å²) in [5.41, 5.74) is 0. The van der Waals surface area contributed by atoms with Crippen molar-refractivity contribution in [2.24, 2.45) is 0 Å². The lowest BCUT2D eigenvalue weighted by atomic mass is 10.2. The molecule has 0 radical (unpaired) electrons. The first-order valence-electron chi connectivity index (χ1n) is 6.06. The van der Waals surface area contributed by atoms with Crippen molar-refractivity contribution >= 4 is 5.91 Å². The Balaban J connectivity index is 1.81. The number of amides is 1. The topological polar surface area (TPSA) is 59.2 Å². The summed E-state index contributed by atoms with van der Waals surface area (Å²) in [6, 6.07) is -0.0308. The zero-order valence-electron chi connectivity index (χ0n) is 9.63. The minimum absolute atomic E-state index is 0.0308. The Morgan fingerprint density at radius 3 is 3.00 bits per heavy atom. The van der Waals surface area contributed by atoms with Gasteiger partial charge >= 0.3 is 0 Å². The van der Waals surface area contributed by atoms with E-state index in [0.29, 0.717) is 11.7 Å². The quantitative estimate of drug-likeness (QED) is 0.747. The van der Waals surface area contributed by atoms with Gasteiger partial charge in [0.25, 0.3) is 0 Å². The summed E-state index contributed by atoms with van der Waals surface area (Å²) in [7, 11) is 0. The summed E-state index contributed by atoms with van der Waals surface area (Å²) in [6.45, 7) is 4.27. The maximum absolute atomic E-state index is 11.7. The minimum atomic E-state index is -0.0507. The molecular weight excluding hydrogens is 218 g/mol. The second kappa shape index (κ2) is 3.98. The molecule has 2 fully saturated rings. The molecular formula is C12H15N3O2. The molecule has 1 amide bonds. The van der Waals surface area contributed by atoms with Gasteiger partial charge < -0.3 is 9.42 Å². The molecule has 0 N–H and O–H groups in total. The summed E-state index contributed by atoms with van der Waals surface area (Å²) >= 11 is 0. The number of likely N-dealkylation sites (tertiary alicyclic amines) is 1. The Morgan fingerprint density at radius 1 is 1.47 bits per heavy atom. The first kappa shape index (κ1) is 10.5. The molecule has 1 aliphatic heterocycles. The molecule has 5 heteroatoms. The Morgan fingerprint density at radius 2 is 2.29 bits per heavy atom. The molecule has 1 unspecified atom stereocenters. The number of hydrogen-bond acceptors (Lipinski definition) is 4. The lowest BCUT2D eigenvalue weighted by molar-refractivity contribution is -0.127. The molecule has 17 heavy (non-hydrogen) atoms. The third kappa shape index (κ3) is 1.85. The zero-order valence-corrected chi connectivity index (χ0v) is 9.63. The van der Waals surface area contributed by atoms with Crippen molar-refractivity contribution in [1.82, 2.24) is 15.0 Å². The fourth-order valence-corrected chi connectivity index (χ4v) is 2.29. The Labute approximate surface area is 99.5 Å². The number of nitrogens with zero attached hydrogens (tertiary/aromatic N) is 3. The van der Waals surface area contributed by atoms with Gasteiger partial charge in [0, 0.05) is 12.5 Å². The predicted octanol–water partition coefficient (Wildman–Crippen LogP) is 1.80. The van der Waals surface area contributed by atoms with Crippen LogP contribution in [0.25, 0.3) is 0 Å². The highest BCUT2D eigenvalue weighted by atomic mass is 16.5. The molecule has 0 spiro atoms. The van der Waals surface area contributed by atoms with Crippen LogP contribution in [0, 0.1) is 0 Å². The van der Waals surface area contributed by atoms with Crippen LogP contribution in [0.15, 0.2) is 17.2 Å². The molecule has 5 nitrogen and oxygen atoms in total. The molecule has 1 aliphatic carbocycles. The van der Waals surface area contributed by atoms with Crippen LogP contribution in [0.3, 0.4) is 0 Å².